The molecule has 0 atom stereocenters. The van der Waals surface area contributed by atoms with Crippen LogP contribution in [0, 0.1) is 11.3 Å². The molecule has 0 aliphatic carbocycles. The Kier molecular flexibility index (Phi) is 5.01. The third-order valence-electron chi connectivity index (χ3n) is 4.96. The van der Waals surface area contributed by atoms with E-state index in [1.165, 1.54) is 10.3 Å². The van der Waals surface area contributed by atoms with Gasteiger partial charge in [-0.2, -0.15) is 18.8 Å². The quantitative estimate of drug-likeness (QED) is 0.514. The predicted octanol–water partition coefficient (Wildman–Crippen LogP) is 1.90. The number of rotatable bonds is 7. The predicted molar refractivity (Wildman–Crippen MR) is 102 cm³/mol. The zero-order valence-electron chi connectivity index (χ0n) is 14.9. The molecule has 4 heterocycles. The van der Waals surface area contributed by atoms with Gasteiger partial charge in [-0.1, -0.05) is 0 Å². The van der Waals surface area contributed by atoms with Crippen molar-refractivity contribution in [1.29, 1.82) is 5.26 Å². The first kappa shape index (κ1) is 19.7. The van der Waals surface area contributed by atoms with E-state index in [1.54, 1.807) is 34.2 Å². The molecule has 1 aliphatic heterocycles. The molecular formula is C16H15F2N7O2S2. The van der Waals surface area contributed by atoms with Crippen LogP contribution >= 0.6 is 12.3 Å². The number of hydrogen-bond donors (Lipinski definition) is 0. The van der Waals surface area contributed by atoms with Crippen LogP contribution in [0.3, 0.4) is 0 Å². The average Bonchev–Trinajstić information content (AvgIpc) is 3.29. The molecule has 3 aromatic rings. The molecule has 0 radical (unpaired) electrons. The Balaban J connectivity index is 1.60. The van der Waals surface area contributed by atoms with Gasteiger partial charge in [-0.3, -0.25) is 9.58 Å². The Morgan fingerprint density at radius 1 is 1.34 bits per heavy atom. The summed E-state index contributed by atoms with van der Waals surface area (Å²) < 4.78 is 50.2. The van der Waals surface area contributed by atoms with Crippen LogP contribution in [-0.4, -0.2) is 62.4 Å². The van der Waals surface area contributed by atoms with Crippen molar-refractivity contribution in [2.45, 2.75) is 12.0 Å². The van der Waals surface area contributed by atoms with Crippen LogP contribution in [0.5, 0.6) is 0 Å². The van der Waals surface area contributed by atoms with Crippen molar-refractivity contribution in [3.05, 3.63) is 31.0 Å². The van der Waals surface area contributed by atoms with Crippen LogP contribution in [0.1, 0.15) is 6.42 Å². The Hall–Kier alpha value is -2.56. The topological polar surface area (TPSA) is 110 Å². The summed E-state index contributed by atoms with van der Waals surface area (Å²) in [6.45, 7) is 0.817. The molecule has 1 saturated heterocycles. The molecule has 0 unspecified atom stereocenters. The van der Waals surface area contributed by atoms with Crippen molar-refractivity contribution in [2.75, 3.05) is 25.4 Å². The highest BCUT2D eigenvalue weighted by Gasteiger charge is 2.45. The fraction of sp³-hybridized carbons (Fsp3) is 0.375. The van der Waals surface area contributed by atoms with Crippen LogP contribution in [0.4, 0.5) is 7.77 Å². The SMILES string of the molecule is N#CCC1(n2cc(-c3ncnc4c3ccn4SF)cn2)CN(CCS(=O)(=O)F)C1. The van der Waals surface area contributed by atoms with Gasteiger partial charge in [0.05, 0.1) is 30.1 Å². The van der Waals surface area contributed by atoms with E-state index in [2.05, 4.69) is 21.1 Å². The molecule has 0 aromatic carbocycles. The summed E-state index contributed by atoms with van der Waals surface area (Å²) in [5.41, 5.74) is 1.08. The molecule has 152 valence electrons. The summed E-state index contributed by atoms with van der Waals surface area (Å²) in [6.07, 6.45) is 6.42. The van der Waals surface area contributed by atoms with E-state index >= 15 is 0 Å². The van der Waals surface area contributed by atoms with Gasteiger partial charge in [-0.15, -0.1) is 7.77 Å². The monoisotopic (exact) mass is 439 g/mol. The first-order valence-electron chi connectivity index (χ1n) is 8.53. The van der Waals surface area contributed by atoms with Gasteiger partial charge in [0.2, 0.25) is 0 Å². The number of fused-ring (bicyclic) bond motifs is 1. The van der Waals surface area contributed by atoms with Gasteiger partial charge in [0, 0.05) is 43.0 Å². The maximum absolute atomic E-state index is 13.0. The molecule has 13 heteroatoms. The summed E-state index contributed by atoms with van der Waals surface area (Å²) in [4.78, 5) is 10.1. The van der Waals surface area contributed by atoms with Crippen molar-refractivity contribution in [2.24, 2.45) is 0 Å². The van der Waals surface area contributed by atoms with Crippen LogP contribution in [-0.2, 0) is 15.8 Å². The zero-order chi connectivity index (χ0) is 20.6. The zero-order valence-corrected chi connectivity index (χ0v) is 16.6. The number of nitrogens with zero attached hydrogens (tertiary/aromatic N) is 7. The van der Waals surface area contributed by atoms with Gasteiger partial charge in [0.25, 0.3) is 0 Å². The fourth-order valence-electron chi connectivity index (χ4n) is 3.59. The smallest absolute Gasteiger partial charge is 0.297 e. The Labute approximate surface area is 169 Å². The highest BCUT2D eigenvalue weighted by atomic mass is 32.3. The van der Waals surface area contributed by atoms with Crippen LogP contribution < -0.4 is 0 Å². The van der Waals surface area contributed by atoms with Crippen LogP contribution in [0.2, 0.25) is 0 Å². The largest absolute Gasteiger partial charge is 0.303 e. The minimum Gasteiger partial charge on any atom is -0.297 e. The highest BCUT2D eigenvalue weighted by Crippen LogP contribution is 2.34. The molecule has 4 rings (SSSR count). The molecule has 0 N–H and O–H groups in total. The minimum atomic E-state index is -4.54. The molecule has 0 spiro atoms. The molecule has 1 aliphatic rings. The van der Waals surface area contributed by atoms with E-state index in [9.17, 15) is 21.5 Å². The maximum atomic E-state index is 13.0. The van der Waals surface area contributed by atoms with E-state index < -0.39 is 21.5 Å². The molecule has 0 bridgehead atoms. The molecule has 0 amide bonds. The lowest BCUT2D eigenvalue weighted by molar-refractivity contribution is 0.00994. The minimum absolute atomic E-state index is 0.0387. The van der Waals surface area contributed by atoms with Crippen molar-refractivity contribution in [3.8, 4) is 17.3 Å². The fourth-order valence-corrected chi connectivity index (χ4v) is 4.38. The average molecular weight is 439 g/mol. The standard InChI is InChI=1S/C16H15F2N7O2S2/c17-28-24-4-1-13-14(20-11-21-15(13)24)12-7-22-25(8-12)16(2-3-19)9-23(10-16)5-6-29(18,26)27/h1,4,7-8,11H,2,5-6,9-10H2. The van der Waals surface area contributed by atoms with Crippen molar-refractivity contribution in [3.63, 3.8) is 0 Å². The van der Waals surface area contributed by atoms with Gasteiger partial charge in [0.15, 0.2) is 18.0 Å². The Bertz CT molecular complexity index is 1200. The molecular weight excluding hydrogens is 424 g/mol. The van der Waals surface area contributed by atoms with E-state index in [1.807, 2.05) is 0 Å². The van der Waals surface area contributed by atoms with Crippen LogP contribution in [0.15, 0.2) is 31.0 Å². The lowest BCUT2D eigenvalue weighted by Crippen LogP contribution is -2.63. The third-order valence-corrected chi connectivity index (χ3v) is 6.07. The maximum Gasteiger partial charge on any atom is 0.303 e. The third kappa shape index (κ3) is 3.70. The first-order chi connectivity index (χ1) is 13.8. The number of likely N-dealkylation sites (tertiary alicyclic amines) is 1. The first-order valence-corrected chi connectivity index (χ1v) is 10.8. The summed E-state index contributed by atoms with van der Waals surface area (Å²) in [5, 5.41) is 14.3. The van der Waals surface area contributed by atoms with Gasteiger partial charge < -0.3 is 0 Å². The van der Waals surface area contributed by atoms with Gasteiger partial charge in [0.1, 0.15) is 11.9 Å². The van der Waals surface area contributed by atoms with E-state index in [0.29, 0.717) is 35.4 Å². The van der Waals surface area contributed by atoms with Gasteiger partial charge in [-0.25, -0.2) is 13.9 Å². The number of halogens is 2. The highest BCUT2D eigenvalue weighted by molar-refractivity contribution is 7.92. The number of aromatic nitrogens is 5. The summed E-state index contributed by atoms with van der Waals surface area (Å²) in [6, 6.07) is 3.85. The van der Waals surface area contributed by atoms with Crippen molar-refractivity contribution >= 4 is 33.6 Å². The van der Waals surface area contributed by atoms with Crippen molar-refractivity contribution in [1.82, 2.24) is 28.6 Å². The lowest BCUT2D eigenvalue weighted by atomic mass is 9.87. The molecule has 3 aromatic heterocycles. The van der Waals surface area contributed by atoms with Crippen molar-refractivity contribution < 1.29 is 16.2 Å². The second-order valence-electron chi connectivity index (χ2n) is 6.86. The summed E-state index contributed by atoms with van der Waals surface area (Å²) >= 11 is 0.0387. The van der Waals surface area contributed by atoms with E-state index in [4.69, 9.17) is 0 Å². The lowest BCUT2D eigenvalue weighted by Gasteiger charge is -2.49. The Morgan fingerprint density at radius 3 is 2.83 bits per heavy atom. The van der Waals surface area contributed by atoms with E-state index in [-0.39, 0.29) is 25.3 Å². The molecule has 0 saturated carbocycles. The number of nitriles is 1. The van der Waals surface area contributed by atoms with Crippen LogP contribution in [0.25, 0.3) is 22.3 Å². The van der Waals surface area contributed by atoms with E-state index in [0.717, 1.165) is 0 Å². The second-order valence-corrected chi connectivity index (χ2v) is 8.87. The van der Waals surface area contributed by atoms with Gasteiger partial charge >= 0.3 is 10.2 Å². The Morgan fingerprint density at radius 2 is 2.14 bits per heavy atom. The summed E-state index contributed by atoms with van der Waals surface area (Å²) in [5.74, 6) is -0.581. The molecule has 29 heavy (non-hydrogen) atoms. The van der Waals surface area contributed by atoms with Gasteiger partial charge in [-0.05, 0) is 6.07 Å². The second kappa shape index (κ2) is 7.36. The molecule has 1 fully saturated rings. The number of hydrogen-bond acceptors (Lipinski definition) is 8. The summed E-state index contributed by atoms with van der Waals surface area (Å²) in [7, 11) is -4.54. The normalized spacial score (nSPS) is 16.6. The molecule has 9 nitrogen and oxygen atoms in total.